The van der Waals surface area contributed by atoms with E-state index in [1.807, 2.05) is 0 Å². The second-order valence-electron chi connectivity index (χ2n) is 5.07. The van der Waals surface area contributed by atoms with Gasteiger partial charge in [-0.05, 0) is 24.3 Å². The maximum Gasteiger partial charge on any atom is 0.422 e. The first-order valence-corrected chi connectivity index (χ1v) is 7.24. The number of carbonyl (C=O) groups is 2. The fourth-order valence-corrected chi connectivity index (χ4v) is 1.95. The number of methoxy groups -OCH3 is 1. The molecule has 1 aromatic heterocycles. The van der Waals surface area contributed by atoms with Crippen LogP contribution in [-0.2, 0) is 11.3 Å². The average Bonchev–Trinajstić information content (AvgIpc) is 3.08. The van der Waals surface area contributed by atoms with Crippen LogP contribution in [0.3, 0.4) is 0 Å². The van der Waals surface area contributed by atoms with Crippen molar-refractivity contribution in [2.45, 2.75) is 12.7 Å². The molecule has 140 valence electrons. The molecule has 0 aliphatic carbocycles. The number of anilines is 1. The number of furan rings is 1. The molecule has 2 rings (SSSR count). The molecular formula is C16H15F3N2O5. The molecule has 0 aliphatic heterocycles. The van der Waals surface area contributed by atoms with Gasteiger partial charge in [0.05, 0.1) is 30.5 Å². The van der Waals surface area contributed by atoms with Crippen LogP contribution >= 0.6 is 0 Å². The average molecular weight is 372 g/mol. The Bertz CT molecular complexity index is 801. The Kier molecular flexibility index (Phi) is 5.88. The van der Waals surface area contributed by atoms with Gasteiger partial charge in [-0.3, -0.25) is 4.79 Å². The van der Waals surface area contributed by atoms with Gasteiger partial charge >= 0.3 is 12.1 Å². The maximum absolute atomic E-state index is 12.4. The minimum absolute atomic E-state index is 0.0311. The van der Waals surface area contributed by atoms with Crippen molar-refractivity contribution < 1.29 is 36.7 Å². The summed E-state index contributed by atoms with van der Waals surface area (Å²) in [6.45, 7) is -1.51. The monoisotopic (exact) mass is 372 g/mol. The molecule has 1 heterocycles. The Morgan fingerprint density at radius 1 is 1.23 bits per heavy atom. The van der Waals surface area contributed by atoms with Crippen LogP contribution in [0.4, 0.5) is 18.9 Å². The van der Waals surface area contributed by atoms with Crippen molar-refractivity contribution in [2.24, 2.45) is 5.73 Å². The molecule has 7 nitrogen and oxygen atoms in total. The minimum atomic E-state index is -4.59. The summed E-state index contributed by atoms with van der Waals surface area (Å²) >= 11 is 0. The third kappa shape index (κ3) is 4.99. The lowest BCUT2D eigenvalue weighted by Crippen LogP contribution is -2.20. The minimum Gasteiger partial charge on any atom is -0.482 e. The first-order valence-electron chi connectivity index (χ1n) is 7.24. The molecule has 3 N–H and O–H groups in total. The number of hydrogen-bond acceptors (Lipinski definition) is 6. The Morgan fingerprint density at radius 2 is 1.96 bits per heavy atom. The standard InChI is InChI=1S/C16H15F3N2O5/c1-24-15(23)9-2-3-12(13(5-9)26-8-16(17,18)19)21-14(22)10-4-11(6-20)25-7-10/h2-5,7H,6,8,20H2,1H3,(H,21,22). The van der Waals surface area contributed by atoms with Crippen molar-refractivity contribution in [2.75, 3.05) is 19.0 Å². The Hall–Kier alpha value is -3.01. The van der Waals surface area contributed by atoms with Gasteiger partial charge in [-0.1, -0.05) is 0 Å². The van der Waals surface area contributed by atoms with E-state index in [4.69, 9.17) is 14.9 Å². The van der Waals surface area contributed by atoms with E-state index in [1.165, 1.54) is 18.2 Å². The highest BCUT2D eigenvalue weighted by atomic mass is 19.4. The topological polar surface area (TPSA) is 104 Å². The summed E-state index contributed by atoms with van der Waals surface area (Å²) in [5, 5.41) is 2.40. The highest BCUT2D eigenvalue weighted by molar-refractivity contribution is 6.05. The summed E-state index contributed by atoms with van der Waals surface area (Å²) in [6.07, 6.45) is -3.43. The van der Waals surface area contributed by atoms with E-state index in [9.17, 15) is 22.8 Å². The van der Waals surface area contributed by atoms with Crippen molar-refractivity contribution in [3.05, 3.63) is 47.4 Å². The molecule has 0 radical (unpaired) electrons. The lowest BCUT2D eigenvalue weighted by molar-refractivity contribution is -0.153. The molecule has 2 aromatic rings. The number of ether oxygens (including phenoxy) is 2. The van der Waals surface area contributed by atoms with Crippen LogP contribution in [0.2, 0.25) is 0 Å². The van der Waals surface area contributed by atoms with Crippen LogP contribution in [0.1, 0.15) is 26.5 Å². The Labute approximate surface area is 145 Å². The first-order chi connectivity index (χ1) is 12.2. The number of benzene rings is 1. The van der Waals surface area contributed by atoms with Crippen LogP contribution in [0.15, 0.2) is 34.9 Å². The van der Waals surface area contributed by atoms with Crippen molar-refractivity contribution in [3.8, 4) is 5.75 Å². The quantitative estimate of drug-likeness (QED) is 0.756. The molecule has 0 saturated carbocycles. The van der Waals surface area contributed by atoms with Crippen molar-refractivity contribution >= 4 is 17.6 Å². The first kappa shape index (κ1) is 19.3. The Balaban J connectivity index is 2.27. The zero-order valence-corrected chi connectivity index (χ0v) is 13.6. The van der Waals surface area contributed by atoms with E-state index in [-0.39, 0.29) is 29.1 Å². The predicted molar refractivity (Wildman–Crippen MR) is 83.9 cm³/mol. The maximum atomic E-state index is 12.4. The number of nitrogens with one attached hydrogen (secondary N) is 1. The van der Waals surface area contributed by atoms with Gasteiger partial charge in [0.1, 0.15) is 17.8 Å². The lowest BCUT2D eigenvalue weighted by Gasteiger charge is -2.14. The van der Waals surface area contributed by atoms with E-state index in [2.05, 4.69) is 10.1 Å². The Morgan fingerprint density at radius 3 is 2.54 bits per heavy atom. The van der Waals surface area contributed by atoms with Crippen LogP contribution in [0, 0.1) is 0 Å². The molecule has 10 heteroatoms. The van der Waals surface area contributed by atoms with Crippen LogP contribution in [0.25, 0.3) is 0 Å². The third-order valence-corrected chi connectivity index (χ3v) is 3.16. The number of rotatable bonds is 6. The van der Waals surface area contributed by atoms with E-state index < -0.39 is 24.7 Å². The zero-order valence-electron chi connectivity index (χ0n) is 13.6. The number of nitrogens with two attached hydrogens (primary N) is 1. The molecule has 0 unspecified atom stereocenters. The summed E-state index contributed by atoms with van der Waals surface area (Å²) < 4.78 is 51.6. The van der Waals surface area contributed by atoms with Gasteiger partial charge in [0.25, 0.3) is 5.91 Å². The molecule has 26 heavy (non-hydrogen) atoms. The summed E-state index contributed by atoms with van der Waals surface area (Å²) in [7, 11) is 1.13. The summed E-state index contributed by atoms with van der Waals surface area (Å²) in [5.41, 5.74) is 5.43. The SMILES string of the molecule is COC(=O)c1ccc(NC(=O)c2coc(CN)c2)c(OCC(F)(F)F)c1. The highest BCUT2D eigenvalue weighted by Crippen LogP contribution is 2.29. The molecule has 0 aliphatic rings. The van der Waals surface area contributed by atoms with Gasteiger partial charge in [-0.15, -0.1) is 0 Å². The van der Waals surface area contributed by atoms with E-state index in [0.717, 1.165) is 19.4 Å². The van der Waals surface area contributed by atoms with E-state index in [1.54, 1.807) is 0 Å². The van der Waals surface area contributed by atoms with Gasteiger partial charge in [-0.2, -0.15) is 13.2 Å². The van der Waals surface area contributed by atoms with Crippen LogP contribution in [-0.4, -0.2) is 31.8 Å². The molecular weight excluding hydrogens is 357 g/mol. The zero-order chi connectivity index (χ0) is 19.3. The summed E-state index contributed by atoms with van der Waals surface area (Å²) in [4.78, 5) is 23.7. The van der Waals surface area contributed by atoms with Gasteiger partial charge in [0.15, 0.2) is 6.61 Å². The third-order valence-electron chi connectivity index (χ3n) is 3.16. The van der Waals surface area contributed by atoms with Crippen molar-refractivity contribution in [1.82, 2.24) is 0 Å². The van der Waals surface area contributed by atoms with E-state index >= 15 is 0 Å². The predicted octanol–water partition coefficient (Wildman–Crippen LogP) is 2.72. The molecule has 0 spiro atoms. The van der Waals surface area contributed by atoms with E-state index in [0.29, 0.717) is 5.76 Å². The molecule has 1 amide bonds. The van der Waals surface area contributed by atoms with Gasteiger partial charge in [-0.25, -0.2) is 4.79 Å². The fourth-order valence-electron chi connectivity index (χ4n) is 1.95. The summed E-state index contributed by atoms with van der Waals surface area (Å²) in [6, 6.07) is 4.96. The number of carbonyl (C=O) groups excluding carboxylic acids is 2. The highest BCUT2D eigenvalue weighted by Gasteiger charge is 2.29. The van der Waals surface area contributed by atoms with Crippen LogP contribution in [0.5, 0.6) is 5.75 Å². The second kappa shape index (κ2) is 7.91. The largest absolute Gasteiger partial charge is 0.482 e. The number of hydrogen-bond donors (Lipinski definition) is 2. The number of alkyl halides is 3. The number of esters is 1. The van der Waals surface area contributed by atoms with Crippen LogP contribution < -0.4 is 15.8 Å². The number of amides is 1. The normalized spacial score (nSPS) is 11.1. The molecule has 1 aromatic carbocycles. The van der Waals surface area contributed by atoms with Gasteiger partial charge in [0.2, 0.25) is 0 Å². The van der Waals surface area contributed by atoms with Crippen molar-refractivity contribution in [1.29, 1.82) is 0 Å². The smallest absolute Gasteiger partial charge is 0.422 e. The number of halogens is 3. The molecule has 0 atom stereocenters. The van der Waals surface area contributed by atoms with Gasteiger partial charge < -0.3 is 24.9 Å². The summed E-state index contributed by atoms with van der Waals surface area (Å²) in [5.74, 6) is -1.37. The van der Waals surface area contributed by atoms with Gasteiger partial charge in [0, 0.05) is 0 Å². The second-order valence-corrected chi connectivity index (χ2v) is 5.07. The fraction of sp³-hybridized carbons (Fsp3) is 0.250. The molecule has 0 saturated heterocycles. The molecule has 0 bridgehead atoms. The lowest BCUT2D eigenvalue weighted by atomic mass is 10.1. The molecule has 0 fully saturated rings. The van der Waals surface area contributed by atoms with Crippen molar-refractivity contribution in [3.63, 3.8) is 0 Å².